The summed E-state index contributed by atoms with van der Waals surface area (Å²) < 4.78 is 0. The Bertz CT molecular complexity index is 467. The fourth-order valence-electron chi connectivity index (χ4n) is 1.14. The van der Waals surface area contributed by atoms with E-state index in [0.717, 1.165) is 11.4 Å². The van der Waals surface area contributed by atoms with E-state index in [2.05, 4.69) is 15.3 Å². The van der Waals surface area contributed by atoms with Gasteiger partial charge in [0.15, 0.2) is 0 Å². The molecule has 0 aromatic carbocycles. The van der Waals surface area contributed by atoms with Crippen LogP contribution in [-0.2, 0) is 0 Å². The zero-order valence-corrected chi connectivity index (χ0v) is 8.91. The molecule has 2 heterocycles. The first-order valence-electron chi connectivity index (χ1n) is 4.38. The first-order chi connectivity index (χ1) is 7.25. The number of rotatable bonds is 2. The van der Waals surface area contributed by atoms with Crippen LogP contribution in [0.2, 0.25) is 0 Å². The van der Waals surface area contributed by atoms with E-state index in [9.17, 15) is 4.79 Å². The third-order valence-electron chi connectivity index (χ3n) is 1.82. The van der Waals surface area contributed by atoms with E-state index in [1.54, 1.807) is 23.2 Å². The van der Waals surface area contributed by atoms with Gasteiger partial charge in [-0.15, -0.1) is 11.3 Å². The summed E-state index contributed by atoms with van der Waals surface area (Å²) in [6.45, 7) is 1.87. The van der Waals surface area contributed by atoms with Crippen molar-refractivity contribution in [3.05, 3.63) is 40.6 Å². The van der Waals surface area contributed by atoms with Crippen LogP contribution in [0.15, 0.2) is 29.2 Å². The molecule has 0 spiro atoms. The first-order valence-corrected chi connectivity index (χ1v) is 5.32. The van der Waals surface area contributed by atoms with E-state index < -0.39 is 0 Å². The number of hydrogen-bond donors (Lipinski definition) is 1. The van der Waals surface area contributed by atoms with Gasteiger partial charge in [-0.1, -0.05) is 0 Å². The number of pyridine rings is 1. The maximum Gasteiger partial charge on any atom is 0.275 e. The van der Waals surface area contributed by atoms with Crippen LogP contribution in [0.5, 0.6) is 0 Å². The molecule has 2 aromatic heterocycles. The van der Waals surface area contributed by atoms with Crippen LogP contribution in [0.4, 0.5) is 5.69 Å². The van der Waals surface area contributed by atoms with Crippen LogP contribution in [0, 0.1) is 6.92 Å². The molecule has 0 aliphatic rings. The molecule has 1 N–H and O–H groups in total. The van der Waals surface area contributed by atoms with Crippen molar-refractivity contribution in [1.82, 2.24) is 9.97 Å². The van der Waals surface area contributed by atoms with Crippen molar-refractivity contribution in [2.75, 3.05) is 5.32 Å². The lowest BCUT2D eigenvalue weighted by Gasteiger charge is -2.02. The summed E-state index contributed by atoms with van der Waals surface area (Å²) in [7, 11) is 0. The van der Waals surface area contributed by atoms with Gasteiger partial charge in [-0.3, -0.25) is 9.78 Å². The standard InChI is InChI=1S/C10H9N3OS/c1-7-4-8(2-3-11-7)13-10(14)9-5-15-6-12-9/h2-6H,1H3,(H,11,13,14). The number of amides is 1. The highest BCUT2D eigenvalue weighted by molar-refractivity contribution is 7.07. The summed E-state index contributed by atoms with van der Waals surface area (Å²) in [5.74, 6) is -0.193. The van der Waals surface area contributed by atoms with E-state index in [-0.39, 0.29) is 5.91 Å². The quantitative estimate of drug-likeness (QED) is 0.841. The Morgan fingerprint density at radius 2 is 2.33 bits per heavy atom. The van der Waals surface area contributed by atoms with E-state index in [4.69, 9.17) is 0 Å². The highest BCUT2D eigenvalue weighted by Crippen LogP contribution is 2.09. The van der Waals surface area contributed by atoms with Crippen LogP contribution in [0.25, 0.3) is 0 Å². The molecule has 0 atom stereocenters. The summed E-state index contributed by atoms with van der Waals surface area (Å²) in [6.07, 6.45) is 1.66. The summed E-state index contributed by atoms with van der Waals surface area (Å²) >= 11 is 1.40. The third kappa shape index (κ3) is 2.38. The average Bonchev–Trinajstić information content (AvgIpc) is 2.70. The Hall–Kier alpha value is -1.75. The molecule has 0 aliphatic carbocycles. The minimum Gasteiger partial charge on any atom is -0.321 e. The van der Waals surface area contributed by atoms with Gasteiger partial charge < -0.3 is 5.32 Å². The SMILES string of the molecule is Cc1cc(NC(=O)c2cscn2)ccn1. The lowest BCUT2D eigenvalue weighted by Crippen LogP contribution is -2.12. The summed E-state index contributed by atoms with van der Waals surface area (Å²) in [4.78, 5) is 19.6. The Balaban J connectivity index is 2.13. The van der Waals surface area contributed by atoms with Crippen LogP contribution in [-0.4, -0.2) is 15.9 Å². The second-order valence-corrected chi connectivity index (χ2v) is 3.73. The van der Waals surface area contributed by atoms with Gasteiger partial charge in [-0.25, -0.2) is 4.98 Å². The Labute approximate surface area is 91.0 Å². The molecule has 0 saturated heterocycles. The monoisotopic (exact) mass is 219 g/mol. The van der Waals surface area contributed by atoms with Gasteiger partial charge in [-0.05, 0) is 19.1 Å². The highest BCUT2D eigenvalue weighted by Gasteiger charge is 2.07. The van der Waals surface area contributed by atoms with Crippen molar-refractivity contribution in [3.63, 3.8) is 0 Å². The summed E-state index contributed by atoms with van der Waals surface area (Å²) in [6, 6.07) is 3.56. The molecular formula is C10H9N3OS. The van der Waals surface area contributed by atoms with E-state index >= 15 is 0 Å². The number of aromatic nitrogens is 2. The van der Waals surface area contributed by atoms with Gasteiger partial charge in [0, 0.05) is 23.0 Å². The molecule has 2 rings (SSSR count). The summed E-state index contributed by atoms with van der Waals surface area (Å²) in [5.41, 5.74) is 3.67. The zero-order chi connectivity index (χ0) is 10.7. The Morgan fingerprint density at radius 1 is 1.47 bits per heavy atom. The predicted molar refractivity (Wildman–Crippen MR) is 59.0 cm³/mol. The zero-order valence-electron chi connectivity index (χ0n) is 8.10. The minimum atomic E-state index is -0.193. The van der Waals surface area contributed by atoms with E-state index in [1.165, 1.54) is 11.3 Å². The lowest BCUT2D eigenvalue weighted by molar-refractivity contribution is 0.102. The van der Waals surface area contributed by atoms with E-state index in [0.29, 0.717) is 5.69 Å². The van der Waals surface area contributed by atoms with Gasteiger partial charge in [0.2, 0.25) is 0 Å². The number of carbonyl (C=O) groups excluding carboxylic acids is 1. The van der Waals surface area contributed by atoms with Crippen molar-refractivity contribution in [3.8, 4) is 0 Å². The molecule has 0 fully saturated rings. The van der Waals surface area contributed by atoms with Crippen molar-refractivity contribution in [1.29, 1.82) is 0 Å². The van der Waals surface area contributed by atoms with Crippen LogP contribution >= 0.6 is 11.3 Å². The van der Waals surface area contributed by atoms with Crippen molar-refractivity contribution >= 4 is 22.9 Å². The molecule has 4 nitrogen and oxygen atoms in total. The second kappa shape index (κ2) is 4.18. The van der Waals surface area contributed by atoms with Gasteiger partial charge in [0.25, 0.3) is 5.91 Å². The van der Waals surface area contributed by atoms with Gasteiger partial charge in [0.1, 0.15) is 5.69 Å². The van der Waals surface area contributed by atoms with Crippen molar-refractivity contribution in [2.24, 2.45) is 0 Å². The second-order valence-electron chi connectivity index (χ2n) is 3.01. The Kier molecular flexibility index (Phi) is 2.73. The molecule has 0 aliphatic heterocycles. The molecule has 0 bridgehead atoms. The van der Waals surface area contributed by atoms with Gasteiger partial charge >= 0.3 is 0 Å². The lowest BCUT2D eigenvalue weighted by atomic mass is 10.3. The number of thiazole rings is 1. The smallest absolute Gasteiger partial charge is 0.275 e. The molecule has 0 saturated carbocycles. The molecule has 5 heteroatoms. The minimum absolute atomic E-state index is 0.193. The van der Waals surface area contributed by atoms with Crippen LogP contribution in [0.1, 0.15) is 16.2 Å². The normalized spacial score (nSPS) is 9.93. The number of aryl methyl sites for hydroxylation is 1. The third-order valence-corrected chi connectivity index (χ3v) is 2.41. The fourth-order valence-corrected chi connectivity index (χ4v) is 1.68. The number of carbonyl (C=O) groups is 1. The van der Waals surface area contributed by atoms with Gasteiger partial charge in [0.05, 0.1) is 5.51 Å². The molecule has 1 amide bonds. The maximum absolute atomic E-state index is 11.6. The number of nitrogens with one attached hydrogen (secondary N) is 1. The van der Waals surface area contributed by atoms with Crippen LogP contribution < -0.4 is 5.32 Å². The molecule has 0 unspecified atom stereocenters. The van der Waals surface area contributed by atoms with E-state index in [1.807, 2.05) is 13.0 Å². The molecular weight excluding hydrogens is 210 g/mol. The summed E-state index contributed by atoms with van der Waals surface area (Å²) in [5, 5.41) is 4.46. The van der Waals surface area contributed by atoms with Crippen molar-refractivity contribution < 1.29 is 4.79 Å². The first kappa shape index (κ1) is 9.79. The largest absolute Gasteiger partial charge is 0.321 e. The number of anilines is 1. The Morgan fingerprint density at radius 3 is 3.00 bits per heavy atom. The maximum atomic E-state index is 11.6. The predicted octanol–water partition coefficient (Wildman–Crippen LogP) is 2.10. The van der Waals surface area contributed by atoms with Crippen molar-refractivity contribution in [2.45, 2.75) is 6.92 Å². The average molecular weight is 219 g/mol. The fraction of sp³-hybridized carbons (Fsp3) is 0.100. The number of nitrogens with zero attached hydrogens (tertiary/aromatic N) is 2. The molecule has 2 aromatic rings. The van der Waals surface area contributed by atoms with Gasteiger partial charge in [-0.2, -0.15) is 0 Å². The molecule has 0 radical (unpaired) electrons. The molecule has 15 heavy (non-hydrogen) atoms. The number of hydrogen-bond acceptors (Lipinski definition) is 4. The molecule has 76 valence electrons. The highest BCUT2D eigenvalue weighted by atomic mass is 32.1. The van der Waals surface area contributed by atoms with Crippen LogP contribution in [0.3, 0.4) is 0 Å². The topological polar surface area (TPSA) is 54.9 Å².